The summed E-state index contributed by atoms with van der Waals surface area (Å²) in [7, 11) is 0. The summed E-state index contributed by atoms with van der Waals surface area (Å²) < 4.78 is 5.51. The highest BCUT2D eigenvalue weighted by Gasteiger charge is 2.18. The Balaban J connectivity index is 1.43. The number of carbonyl (C=O) groups is 2. The van der Waals surface area contributed by atoms with Crippen LogP contribution in [0.4, 0.5) is 5.69 Å². The van der Waals surface area contributed by atoms with E-state index < -0.39 is 0 Å². The van der Waals surface area contributed by atoms with Crippen molar-refractivity contribution < 1.29 is 14.3 Å². The summed E-state index contributed by atoms with van der Waals surface area (Å²) in [5.74, 6) is -0.0103. The molecule has 2 aliphatic heterocycles. The van der Waals surface area contributed by atoms with Gasteiger partial charge in [0.2, 0.25) is 5.91 Å². The zero-order valence-electron chi connectivity index (χ0n) is 14.6. The third-order valence-corrected chi connectivity index (χ3v) is 4.74. The van der Waals surface area contributed by atoms with Gasteiger partial charge < -0.3 is 20.3 Å². The topological polar surface area (TPSA) is 70.7 Å². The van der Waals surface area contributed by atoms with E-state index in [0.29, 0.717) is 17.8 Å². The molecule has 25 heavy (non-hydrogen) atoms. The van der Waals surface area contributed by atoms with Gasteiger partial charge in [-0.25, -0.2) is 0 Å². The summed E-state index contributed by atoms with van der Waals surface area (Å²) in [6.07, 6.45) is 5.75. The summed E-state index contributed by atoms with van der Waals surface area (Å²) in [5, 5.41) is 5.97. The van der Waals surface area contributed by atoms with E-state index >= 15 is 0 Å². The number of ether oxygens (including phenoxy) is 1. The Morgan fingerprint density at radius 2 is 1.84 bits per heavy atom. The molecule has 0 aromatic heterocycles. The number of nitrogens with one attached hydrogen (secondary N) is 2. The van der Waals surface area contributed by atoms with E-state index in [9.17, 15) is 9.59 Å². The fraction of sp³-hybridized carbons (Fsp3) is 0.579. The van der Waals surface area contributed by atoms with Crippen LogP contribution in [0.3, 0.4) is 0 Å². The highest BCUT2D eigenvalue weighted by Crippen LogP contribution is 2.15. The molecule has 0 radical (unpaired) electrons. The van der Waals surface area contributed by atoms with Crippen LogP contribution in [-0.4, -0.2) is 55.6 Å². The molecular formula is C19H27N3O3. The van der Waals surface area contributed by atoms with Crippen LogP contribution in [0.25, 0.3) is 0 Å². The van der Waals surface area contributed by atoms with Gasteiger partial charge in [0.25, 0.3) is 5.91 Å². The fourth-order valence-electron chi connectivity index (χ4n) is 3.33. The number of anilines is 1. The third kappa shape index (κ3) is 5.28. The summed E-state index contributed by atoms with van der Waals surface area (Å²) in [6.45, 7) is 3.47. The molecule has 0 spiro atoms. The standard InChI is InChI=1S/C19H27N3O3/c23-18(14-20-13-17-5-4-12-25-17)21-16-8-6-15(7-9-16)19(24)22-10-2-1-3-11-22/h6-9,17,20H,1-5,10-14H2,(H,21,23)/t17-/m0/s1. The SMILES string of the molecule is O=C(CNC[C@@H]1CCCO1)Nc1ccc(C(=O)N2CCCCC2)cc1. The molecule has 6 nitrogen and oxygen atoms in total. The van der Waals surface area contributed by atoms with Gasteiger partial charge in [-0.3, -0.25) is 9.59 Å². The Bertz CT molecular complexity index is 576. The van der Waals surface area contributed by atoms with Crippen LogP contribution >= 0.6 is 0 Å². The van der Waals surface area contributed by atoms with Crippen molar-refractivity contribution in [2.75, 3.05) is 38.1 Å². The molecule has 2 amide bonds. The van der Waals surface area contributed by atoms with E-state index in [0.717, 1.165) is 45.4 Å². The first-order valence-electron chi connectivity index (χ1n) is 9.24. The maximum Gasteiger partial charge on any atom is 0.253 e. The van der Waals surface area contributed by atoms with Gasteiger partial charge in [-0.15, -0.1) is 0 Å². The Labute approximate surface area is 148 Å². The first-order valence-corrected chi connectivity index (χ1v) is 9.24. The highest BCUT2D eigenvalue weighted by atomic mass is 16.5. The maximum absolute atomic E-state index is 12.4. The summed E-state index contributed by atoms with van der Waals surface area (Å²) in [5.41, 5.74) is 1.38. The second-order valence-corrected chi connectivity index (χ2v) is 6.74. The molecule has 1 atom stereocenters. The molecular weight excluding hydrogens is 318 g/mol. The largest absolute Gasteiger partial charge is 0.377 e. The minimum absolute atomic E-state index is 0.0795. The summed E-state index contributed by atoms with van der Waals surface area (Å²) >= 11 is 0. The van der Waals surface area contributed by atoms with Crippen LogP contribution in [0.15, 0.2) is 24.3 Å². The van der Waals surface area contributed by atoms with Gasteiger partial charge in [-0.2, -0.15) is 0 Å². The van der Waals surface area contributed by atoms with Crippen LogP contribution in [0.1, 0.15) is 42.5 Å². The van der Waals surface area contributed by atoms with Crippen LogP contribution in [-0.2, 0) is 9.53 Å². The predicted octanol–water partition coefficient (Wildman–Crippen LogP) is 2.02. The van der Waals surface area contributed by atoms with E-state index in [1.807, 2.05) is 4.90 Å². The van der Waals surface area contributed by atoms with Crippen LogP contribution in [0.2, 0.25) is 0 Å². The van der Waals surface area contributed by atoms with E-state index in [1.54, 1.807) is 24.3 Å². The maximum atomic E-state index is 12.4. The number of benzene rings is 1. The lowest BCUT2D eigenvalue weighted by Crippen LogP contribution is -2.35. The van der Waals surface area contributed by atoms with Gasteiger partial charge >= 0.3 is 0 Å². The molecule has 6 heteroatoms. The van der Waals surface area contributed by atoms with Crippen molar-refractivity contribution in [2.24, 2.45) is 0 Å². The minimum atomic E-state index is -0.0897. The highest BCUT2D eigenvalue weighted by molar-refractivity contribution is 5.96. The molecule has 0 saturated carbocycles. The zero-order valence-corrected chi connectivity index (χ0v) is 14.6. The van der Waals surface area contributed by atoms with Gasteiger partial charge in [-0.05, 0) is 56.4 Å². The molecule has 1 aromatic rings. The van der Waals surface area contributed by atoms with Crippen molar-refractivity contribution in [2.45, 2.75) is 38.2 Å². The molecule has 2 saturated heterocycles. The molecule has 136 valence electrons. The van der Waals surface area contributed by atoms with Crippen LogP contribution in [0.5, 0.6) is 0 Å². The molecule has 1 aromatic carbocycles. The Morgan fingerprint density at radius 3 is 2.52 bits per heavy atom. The number of piperidine rings is 1. The van der Waals surface area contributed by atoms with E-state index in [4.69, 9.17) is 4.74 Å². The average Bonchev–Trinajstić information content (AvgIpc) is 3.16. The Hall–Kier alpha value is -1.92. The minimum Gasteiger partial charge on any atom is -0.377 e. The molecule has 0 unspecified atom stereocenters. The van der Waals surface area contributed by atoms with Crippen LogP contribution < -0.4 is 10.6 Å². The first kappa shape index (κ1) is 17.9. The smallest absolute Gasteiger partial charge is 0.253 e. The van der Waals surface area contributed by atoms with E-state index in [2.05, 4.69) is 10.6 Å². The number of amides is 2. The lowest BCUT2D eigenvalue weighted by atomic mass is 10.1. The van der Waals surface area contributed by atoms with Gasteiger partial charge in [0.1, 0.15) is 0 Å². The molecule has 0 bridgehead atoms. The Kier molecular flexibility index (Phi) is 6.42. The molecule has 2 heterocycles. The molecule has 2 N–H and O–H groups in total. The van der Waals surface area contributed by atoms with Crippen molar-refractivity contribution in [1.82, 2.24) is 10.2 Å². The second-order valence-electron chi connectivity index (χ2n) is 6.74. The fourth-order valence-corrected chi connectivity index (χ4v) is 3.33. The lowest BCUT2D eigenvalue weighted by Gasteiger charge is -2.26. The zero-order chi connectivity index (χ0) is 17.5. The van der Waals surface area contributed by atoms with E-state index in [-0.39, 0.29) is 24.5 Å². The van der Waals surface area contributed by atoms with Gasteiger partial charge in [0.05, 0.1) is 12.6 Å². The van der Waals surface area contributed by atoms with Crippen LogP contribution in [0, 0.1) is 0 Å². The van der Waals surface area contributed by atoms with Gasteiger partial charge in [0, 0.05) is 37.5 Å². The first-order chi connectivity index (χ1) is 12.2. The lowest BCUT2D eigenvalue weighted by molar-refractivity contribution is -0.115. The van der Waals surface area contributed by atoms with Crippen molar-refractivity contribution >= 4 is 17.5 Å². The van der Waals surface area contributed by atoms with Crippen molar-refractivity contribution in [3.8, 4) is 0 Å². The number of carbonyl (C=O) groups excluding carboxylic acids is 2. The normalized spacial score (nSPS) is 20.5. The van der Waals surface area contributed by atoms with Crippen molar-refractivity contribution in [3.05, 3.63) is 29.8 Å². The molecule has 0 aliphatic carbocycles. The number of likely N-dealkylation sites (tertiary alicyclic amines) is 1. The molecule has 3 rings (SSSR count). The Morgan fingerprint density at radius 1 is 1.08 bits per heavy atom. The van der Waals surface area contributed by atoms with Gasteiger partial charge in [-0.1, -0.05) is 0 Å². The quantitative estimate of drug-likeness (QED) is 0.827. The second kappa shape index (κ2) is 8.97. The molecule has 2 aliphatic rings. The number of rotatable bonds is 6. The third-order valence-electron chi connectivity index (χ3n) is 4.74. The summed E-state index contributed by atoms with van der Waals surface area (Å²) in [4.78, 5) is 26.3. The number of nitrogens with zero attached hydrogens (tertiary/aromatic N) is 1. The summed E-state index contributed by atoms with van der Waals surface area (Å²) in [6, 6.07) is 7.14. The van der Waals surface area contributed by atoms with Gasteiger partial charge in [0.15, 0.2) is 0 Å². The van der Waals surface area contributed by atoms with Crippen molar-refractivity contribution in [1.29, 1.82) is 0 Å². The monoisotopic (exact) mass is 345 g/mol. The average molecular weight is 345 g/mol. The number of hydrogen-bond acceptors (Lipinski definition) is 4. The predicted molar refractivity (Wildman–Crippen MR) is 96.7 cm³/mol. The number of hydrogen-bond donors (Lipinski definition) is 2. The van der Waals surface area contributed by atoms with Crippen molar-refractivity contribution in [3.63, 3.8) is 0 Å². The molecule has 2 fully saturated rings. The van der Waals surface area contributed by atoms with E-state index in [1.165, 1.54) is 6.42 Å².